The molecule has 0 fully saturated rings. The summed E-state index contributed by atoms with van der Waals surface area (Å²) in [4.78, 5) is 8.72. The van der Waals surface area contributed by atoms with Gasteiger partial charge in [-0.05, 0) is 37.5 Å². The number of fused-ring (bicyclic) bond motifs is 5. The van der Waals surface area contributed by atoms with E-state index in [1.54, 1.807) is 18.2 Å². The van der Waals surface area contributed by atoms with Crippen molar-refractivity contribution in [2.24, 2.45) is 0 Å². The van der Waals surface area contributed by atoms with E-state index in [0.717, 1.165) is 5.56 Å². The average molecular weight is 461 g/mol. The first-order chi connectivity index (χ1) is 15.4. The van der Waals surface area contributed by atoms with Crippen molar-refractivity contribution in [3.05, 3.63) is 53.6 Å². The van der Waals surface area contributed by atoms with Crippen LogP contribution in [0.15, 0.2) is 36.5 Å². The monoisotopic (exact) mass is 460 g/mol. The van der Waals surface area contributed by atoms with Gasteiger partial charge in [0.15, 0.2) is 11.6 Å². The molecule has 0 saturated heterocycles. The Morgan fingerprint density at radius 2 is 2.03 bits per heavy atom. The van der Waals surface area contributed by atoms with Crippen LogP contribution in [-0.2, 0) is 23.1 Å². The molecule has 0 saturated carbocycles. The summed E-state index contributed by atoms with van der Waals surface area (Å²) in [7, 11) is -2.16. The van der Waals surface area contributed by atoms with E-state index in [4.69, 9.17) is 4.74 Å². The van der Waals surface area contributed by atoms with Gasteiger partial charge in [0, 0.05) is 43.4 Å². The van der Waals surface area contributed by atoms with E-state index >= 15 is 0 Å². The molecule has 0 spiro atoms. The highest BCUT2D eigenvalue weighted by Gasteiger charge is 2.24. The molecule has 8 nitrogen and oxygen atoms in total. The lowest BCUT2D eigenvalue weighted by atomic mass is 10.1. The number of aromatic nitrogens is 2. The summed E-state index contributed by atoms with van der Waals surface area (Å²) in [5.74, 6) is 0.110. The summed E-state index contributed by atoms with van der Waals surface area (Å²) >= 11 is 0. The van der Waals surface area contributed by atoms with Crippen molar-refractivity contribution >= 4 is 26.7 Å². The minimum atomic E-state index is -3.63. The molecule has 0 radical (unpaired) electrons. The summed E-state index contributed by atoms with van der Waals surface area (Å²) in [5.41, 5.74) is 1.32. The SMILES string of the molecule is CN1c2nc(c(O)c3ncccc23)CNCc2ccc(F)cc2OCCCCCS1(=O)=O. The Bertz CT molecular complexity index is 1240. The van der Waals surface area contributed by atoms with Crippen molar-refractivity contribution in [3.8, 4) is 11.5 Å². The lowest BCUT2D eigenvalue weighted by Crippen LogP contribution is -2.30. The molecule has 3 aromatic rings. The van der Waals surface area contributed by atoms with Gasteiger partial charge in [0.25, 0.3) is 0 Å². The average Bonchev–Trinajstić information content (AvgIpc) is 2.78. The largest absolute Gasteiger partial charge is 0.504 e. The third-order valence-electron chi connectivity index (χ3n) is 5.44. The fraction of sp³-hybridized carbons (Fsp3) is 0.364. The van der Waals surface area contributed by atoms with Gasteiger partial charge in [-0.2, -0.15) is 0 Å². The van der Waals surface area contributed by atoms with Crippen molar-refractivity contribution in [3.63, 3.8) is 0 Å². The van der Waals surface area contributed by atoms with Gasteiger partial charge >= 0.3 is 0 Å². The summed E-state index contributed by atoms with van der Waals surface area (Å²) in [6.07, 6.45) is 3.28. The van der Waals surface area contributed by atoms with Crippen LogP contribution in [-0.4, -0.2) is 42.9 Å². The molecule has 0 aliphatic carbocycles. The van der Waals surface area contributed by atoms with Crippen molar-refractivity contribution in [2.75, 3.05) is 23.7 Å². The number of nitrogens with one attached hydrogen (secondary N) is 1. The van der Waals surface area contributed by atoms with Gasteiger partial charge in [-0.1, -0.05) is 6.07 Å². The third-order valence-corrected chi connectivity index (χ3v) is 7.26. The van der Waals surface area contributed by atoms with E-state index in [1.165, 1.54) is 29.7 Å². The summed E-state index contributed by atoms with van der Waals surface area (Å²) in [6.45, 7) is 0.862. The number of nitrogens with zero attached hydrogens (tertiary/aromatic N) is 3. The molecule has 2 N–H and O–H groups in total. The number of hydrogen-bond donors (Lipinski definition) is 2. The molecular weight excluding hydrogens is 435 g/mol. The number of pyridine rings is 2. The van der Waals surface area contributed by atoms with Crippen LogP contribution < -0.4 is 14.4 Å². The molecule has 3 heterocycles. The zero-order valence-electron chi connectivity index (χ0n) is 17.7. The van der Waals surface area contributed by atoms with Crippen molar-refractivity contribution in [2.45, 2.75) is 32.4 Å². The van der Waals surface area contributed by atoms with E-state index < -0.39 is 15.8 Å². The minimum Gasteiger partial charge on any atom is -0.504 e. The van der Waals surface area contributed by atoms with Crippen LogP contribution in [0.4, 0.5) is 10.2 Å². The fourth-order valence-electron chi connectivity index (χ4n) is 3.65. The predicted molar refractivity (Wildman–Crippen MR) is 120 cm³/mol. The second-order valence-corrected chi connectivity index (χ2v) is 9.80. The van der Waals surface area contributed by atoms with Crippen molar-refractivity contribution < 1.29 is 22.7 Å². The molecule has 4 rings (SSSR count). The van der Waals surface area contributed by atoms with Gasteiger partial charge in [-0.15, -0.1) is 0 Å². The van der Waals surface area contributed by atoms with Crippen molar-refractivity contribution in [1.82, 2.24) is 15.3 Å². The Kier molecular flexibility index (Phi) is 6.43. The van der Waals surface area contributed by atoms with Gasteiger partial charge < -0.3 is 15.2 Å². The van der Waals surface area contributed by atoms with E-state index in [2.05, 4.69) is 15.3 Å². The van der Waals surface area contributed by atoms with Crippen LogP contribution in [0, 0.1) is 5.82 Å². The molecule has 170 valence electrons. The molecule has 0 atom stereocenters. The number of benzene rings is 1. The number of aromatic hydroxyl groups is 1. The molecule has 0 amide bonds. The molecule has 1 aliphatic heterocycles. The molecule has 2 aromatic heterocycles. The normalized spacial score (nSPS) is 17.5. The molecule has 0 unspecified atom stereocenters. The molecule has 2 bridgehead atoms. The first kappa shape index (κ1) is 22.2. The van der Waals surface area contributed by atoms with Gasteiger partial charge in [-0.25, -0.2) is 17.8 Å². The number of rotatable bonds is 0. The van der Waals surface area contributed by atoms with Gasteiger partial charge in [0.05, 0.1) is 12.4 Å². The maximum absolute atomic E-state index is 13.7. The number of ether oxygens (including phenoxy) is 1. The van der Waals surface area contributed by atoms with Gasteiger partial charge in [0.1, 0.15) is 22.8 Å². The van der Waals surface area contributed by atoms with E-state index in [0.29, 0.717) is 43.5 Å². The number of anilines is 1. The molecule has 1 aromatic carbocycles. The zero-order valence-corrected chi connectivity index (χ0v) is 18.5. The molecule has 32 heavy (non-hydrogen) atoms. The first-order valence-electron chi connectivity index (χ1n) is 10.4. The van der Waals surface area contributed by atoms with E-state index in [1.807, 2.05) is 0 Å². The highest BCUT2D eigenvalue weighted by atomic mass is 32.2. The lowest BCUT2D eigenvalue weighted by Gasteiger charge is -2.22. The Labute approximate surface area is 186 Å². The quantitative estimate of drug-likeness (QED) is 0.531. The van der Waals surface area contributed by atoms with Gasteiger partial charge in [0.2, 0.25) is 10.0 Å². The molecule has 10 heteroatoms. The number of sulfonamides is 1. The summed E-state index contributed by atoms with van der Waals surface area (Å²) < 4.78 is 46.5. The van der Waals surface area contributed by atoms with E-state index in [9.17, 15) is 17.9 Å². The molecule has 1 aliphatic rings. The number of halogens is 1. The number of hydrogen-bond acceptors (Lipinski definition) is 7. The van der Waals surface area contributed by atoms with Crippen LogP contribution in [0.3, 0.4) is 0 Å². The van der Waals surface area contributed by atoms with Crippen molar-refractivity contribution in [1.29, 1.82) is 0 Å². The van der Waals surface area contributed by atoms with Crippen LogP contribution in [0.2, 0.25) is 0 Å². The Morgan fingerprint density at radius 3 is 2.88 bits per heavy atom. The maximum atomic E-state index is 13.7. The Hall–Kier alpha value is -2.98. The third kappa shape index (κ3) is 4.61. The van der Waals surface area contributed by atoms with E-state index in [-0.39, 0.29) is 35.1 Å². The van der Waals surface area contributed by atoms with Gasteiger partial charge in [-0.3, -0.25) is 9.29 Å². The first-order valence-corrected chi connectivity index (χ1v) is 12.0. The van der Waals surface area contributed by atoms with Crippen LogP contribution in [0.5, 0.6) is 11.5 Å². The van der Waals surface area contributed by atoms with Crippen LogP contribution in [0.25, 0.3) is 10.9 Å². The summed E-state index contributed by atoms with van der Waals surface area (Å²) in [6, 6.07) is 7.73. The second kappa shape index (κ2) is 9.25. The smallest absolute Gasteiger partial charge is 0.236 e. The summed E-state index contributed by atoms with van der Waals surface area (Å²) in [5, 5.41) is 14.4. The molecular formula is C22H25FN4O4S. The fourth-order valence-corrected chi connectivity index (χ4v) is 4.90. The van der Waals surface area contributed by atoms with Crippen LogP contribution in [0.1, 0.15) is 30.5 Å². The highest BCUT2D eigenvalue weighted by Crippen LogP contribution is 2.33. The minimum absolute atomic E-state index is 0.0490. The Balaban J connectivity index is 1.75. The maximum Gasteiger partial charge on any atom is 0.236 e. The Morgan fingerprint density at radius 1 is 1.19 bits per heavy atom. The predicted octanol–water partition coefficient (Wildman–Crippen LogP) is 3.09. The lowest BCUT2D eigenvalue weighted by molar-refractivity contribution is 0.301. The standard InChI is InChI=1S/C22H25FN4O4S/c1-27-22-17-6-5-9-25-20(17)21(28)18(26-22)14-24-13-15-7-8-16(23)12-19(15)31-10-3-2-4-11-32(27,29)30/h5-9,12,24,28H,2-4,10-11,13-14H2,1H3. The van der Waals surface area contributed by atoms with Crippen LogP contribution >= 0.6 is 0 Å². The zero-order chi connectivity index (χ0) is 22.7. The highest BCUT2D eigenvalue weighted by molar-refractivity contribution is 7.92. The second-order valence-electron chi connectivity index (χ2n) is 7.68. The topological polar surface area (TPSA) is 105 Å².